The van der Waals surface area contributed by atoms with Gasteiger partial charge in [0.1, 0.15) is 5.82 Å². The molecule has 0 bridgehead atoms. The summed E-state index contributed by atoms with van der Waals surface area (Å²) in [6, 6.07) is 64.5. The Balaban J connectivity index is 1.09. The number of nitrogens with zero attached hydrogens (tertiary/aromatic N) is 4. The van der Waals surface area contributed by atoms with Crippen LogP contribution in [-0.4, -0.2) is 27.0 Å². The summed E-state index contributed by atoms with van der Waals surface area (Å²) in [5.74, 6) is 1.45. The molecule has 0 saturated heterocycles. The van der Waals surface area contributed by atoms with Crippen molar-refractivity contribution in [1.29, 1.82) is 0 Å². The third kappa shape index (κ3) is 5.03. The molecule has 0 saturated carbocycles. The largest absolute Gasteiger partial charge is 0.423 e. The first kappa shape index (κ1) is 30.8. The van der Waals surface area contributed by atoms with E-state index in [1.807, 2.05) is 36.4 Å². The standard InChI is InChI=1S/C53H38N4OSi/c1-34-27-39(31-47-51(34)54-50-33-38-15-9-10-24-45(38)56(47)50)36-16-13-22-43(29-36)59(41-18-5-3-6-19-41,42-20-7-4-8-21-42)44-23-14-17-37(30-44)40-28-35(2)52-48(32-40)57-46-25-11-12-26-49(46)58-53(57)55-52/h3-32H,33H2,1-2H3/i1D3. The topological polar surface area (TPSA) is 48.3 Å². The van der Waals surface area contributed by atoms with Crippen molar-refractivity contribution in [3.05, 3.63) is 205 Å². The Morgan fingerprint density at radius 2 is 1.12 bits per heavy atom. The smallest absolute Gasteiger partial charge is 0.307 e. The second kappa shape index (κ2) is 12.9. The molecule has 0 unspecified atom stereocenters. The minimum Gasteiger partial charge on any atom is -0.423 e. The molecular formula is C53H38N4OSi. The first-order chi connectivity index (χ1) is 30.3. The van der Waals surface area contributed by atoms with E-state index in [0.717, 1.165) is 67.0 Å². The van der Waals surface area contributed by atoms with Gasteiger partial charge in [-0.25, -0.2) is 4.98 Å². The summed E-state index contributed by atoms with van der Waals surface area (Å²) in [4.78, 5) is 9.89. The molecule has 0 spiro atoms. The molecule has 0 amide bonds. The number of para-hydroxylation sites is 3. The predicted molar refractivity (Wildman–Crippen MR) is 244 cm³/mol. The molecule has 8 aromatic carbocycles. The van der Waals surface area contributed by atoms with Gasteiger partial charge < -0.3 is 4.42 Å². The van der Waals surface area contributed by atoms with E-state index in [1.54, 1.807) is 0 Å². The molecule has 0 N–H and O–H groups in total. The zero-order valence-electron chi connectivity index (χ0n) is 35.2. The van der Waals surface area contributed by atoms with Gasteiger partial charge in [-0.2, -0.15) is 4.98 Å². The molecule has 4 heterocycles. The maximum atomic E-state index is 8.68. The molecule has 59 heavy (non-hydrogen) atoms. The Morgan fingerprint density at radius 1 is 0.525 bits per heavy atom. The molecule has 0 radical (unpaired) electrons. The van der Waals surface area contributed by atoms with Crippen molar-refractivity contribution in [3.8, 4) is 27.9 Å². The Kier molecular flexibility index (Phi) is 6.72. The third-order valence-electron chi connectivity index (χ3n) is 12.3. The van der Waals surface area contributed by atoms with Crippen LogP contribution in [0, 0.1) is 13.8 Å². The van der Waals surface area contributed by atoms with Crippen LogP contribution < -0.4 is 20.7 Å². The Bertz CT molecular complexity index is 3530. The van der Waals surface area contributed by atoms with Crippen LogP contribution >= 0.6 is 0 Å². The highest BCUT2D eigenvalue weighted by Crippen LogP contribution is 2.36. The van der Waals surface area contributed by atoms with Crippen LogP contribution in [0.25, 0.3) is 67.0 Å². The number of imidazole rings is 2. The minimum atomic E-state index is -3.07. The van der Waals surface area contributed by atoms with Gasteiger partial charge in [0.25, 0.3) is 0 Å². The number of rotatable bonds is 6. The number of hydrogen-bond acceptors (Lipinski definition) is 3. The predicted octanol–water partition coefficient (Wildman–Crippen LogP) is 9.81. The highest BCUT2D eigenvalue weighted by molar-refractivity contribution is 7.20. The quantitative estimate of drug-likeness (QED) is 0.125. The number of aromatic nitrogens is 4. The lowest BCUT2D eigenvalue weighted by Crippen LogP contribution is -2.74. The van der Waals surface area contributed by atoms with Crippen LogP contribution in [0.2, 0.25) is 0 Å². The van der Waals surface area contributed by atoms with E-state index in [-0.39, 0.29) is 5.56 Å². The number of aryl methyl sites for hydroxylation is 2. The van der Waals surface area contributed by atoms with Crippen molar-refractivity contribution in [2.45, 2.75) is 20.2 Å². The van der Waals surface area contributed by atoms with Crippen LogP contribution in [0.4, 0.5) is 0 Å². The number of benzene rings is 8. The number of hydrogen-bond donors (Lipinski definition) is 0. The van der Waals surface area contributed by atoms with Crippen LogP contribution in [0.15, 0.2) is 186 Å². The number of fused-ring (bicyclic) bond motifs is 10. The van der Waals surface area contributed by atoms with Gasteiger partial charge in [0.2, 0.25) is 0 Å². The molecular weight excluding hydrogens is 737 g/mol. The summed E-state index contributed by atoms with van der Waals surface area (Å²) in [7, 11) is -3.07. The maximum absolute atomic E-state index is 8.68. The maximum Gasteiger partial charge on any atom is 0.307 e. The molecule has 5 nitrogen and oxygen atoms in total. The fraction of sp³-hybridized carbons (Fsp3) is 0.0566. The molecule has 3 aromatic heterocycles. The molecule has 280 valence electrons. The fourth-order valence-corrected chi connectivity index (χ4v) is 14.5. The van der Waals surface area contributed by atoms with E-state index in [0.29, 0.717) is 17.8 Å². The lowest BCUT2D eigenvalue weighted by molar-refractivity contribution is 0.643. The summed E-state index contributed by atoms with van der Waals surface area (Å²) in [5.41, 5.74) is 12.7. The van der Waals surface area contributed by atoms with Crippen LogP contribution in [-0.2, 0) is 6.42 Å². The summed E-state index contributed by atoms with van der Waals surface area (Å²) < 4.78 is 36.5. The van der Waals surface area contributed by atoms with Gasteiger partial charge in [-0.3, -0.25) is 8.97 Å². The summed E-state index contributed by atoms with van der Waals surface area (Å²) >= 11 is 0. The van der Waals surface area contributed by atoms with Crippen molar-refractivity contribution < 1.29 is 8.53 Å². The van der Waals surface area contributed by atoms with E-state index in [1.165, 1.54) is 26.3 Å². The molecule has 1 aliphatic heterocycles. The molecule has 0 atom stereocenters. The monoisotopic (exact) mass is 777 g/mol. The zero-order valence-corrected chi connectivity index (χ0v) is 33.2. The first-order valence-corrected chi connectivity index (χ1v) is 22.0. The SMILES string of the molecule is [2H]C([2H])([2H])c1cc(-c2cccc([Si](c3ccccc3)(c3ccccc3)c3cccc(-c4cc(C)c5nc6oc7ccccc7n6c5c4)c3)c2)cc2c1nc1n2-c2ccccc2C1. The van der Waals surface area contributed by atoms with E-state index in [9.17, 15) is 0 Å². The third-order valence-corrected chi connectivity index (χ3v) is 17.1. The van der Waals surface area contributed by atoms with Gasteiger partial charge in [-0.15, -0.1) is 0 Å². The highest BCUT2D eigenvalue weighted by atomic mass is 28.3. The molecule has 6 heteroatoms. The molecule has 0 fully saturated rings. The van der Waals surface area contributed by atoms with Gasteiger partial charge in [0.15, 0.2) is 13.7 Å². The summed E-state index contributed by atoms with van der Waals surface area (Å²) in [5, 5.41) is 4.92. The Labute approximate surface area is 346 Å². The van der Waals surface area contributed by atoms with Gasteiger partial charge >= 0.3 is 5.84 Å². The van der Waals surface area contributed by atoms with Crippen molar-refractivity contribution in [2.75, 3.05) is 0 Å². The van der Waals surface area contributed by atoms with Crippen LogP contribution in [0.1, 0.15) is 26.6 Å². The molecule has 11 aromatic rings. The second-order valence-electron chi connectivity index (χ2n) is 15.7. The van der Waals surface area contributed by atoms with Gasteiger partial charge in [0.05, 0.1) is 33.3 Å². The average molecular weight is 778 g/mol. The van der Waals surface area contributed by atoms with Crippen molar-refractivity contribution in [2.24, 2.45) is 0 Å². The van der Waals surface area contributed by atoms with Gasteiger partial charge in [-0.05, 0) is 116 Å². The summed E-state index contributed by atoms with van der Waals surface area (Å²) in [6.45, 7) is -0.238. The lowest BCUT2D eigenvalue weighted by atomic mass is 10.0. The Hall–Kier alpha value is -7.28. The molecule has 12 rings (SSSR count). The fourth-order valence-electron chi connectivity index (χ4n) is 9.69. The average Bonchev–Trinajstić information content (AvgIpc) is 4.05. The lowest BCUT2D eigenvalue weighted by Gasteiger charge is -2.35. The van der Waals surface area contributed by atoms with Crippen molar-refractivity contribution in [1.82, 2.24) is 18.9 Å². The van der Waals surface area contributed by atoms with E-state index in [4.69, 9.17) is 18.5 Å². The van der Waals surface area contributed by atoms with Crippen LogP contribution in [0.5, 0.6) is 0 Å². The normalized spacial score (nSPS) is 13.5. The van der Waals surface area contributed by atoms with E-state index in [2.05, 4.69) is 161 Å². The van der Waals surface area contributed by atoms with E-state index < -0.39 is 14.9 Å². The zero-order chi connectivity index (χ0) is 41.7. The van der Waals surface area contributed by atoms with Crippen molar-refractivity contribution >= 4 is 67.8 Å². The highest BCUT2D eigenvalue weighted by Gasteiger charge is 2.42. The minimum absolute atomic E-state index is 0.267. The van der Waals surface area contributed by atoms with Crippen LogP contribution in [0.3, 0.4) is 0 Å². The number of oxazole rings is 1. The van der Waals surface area contributed by atoms with Crippen molar-refractivity contribution in [3.63, 3.8) is 0 Å². The van der Waals surface area contributed by atoms with Gasteiger partial charge in [0, 0.05) is 10.5 Å². The second-order valence-corrected chi connectivity index (χ2v) is 19.5. The molecule has 0 aliphatic carbocycles. The molecule has 1 aliphatic rings. The van der Waals surface area contributed by atoms with Gasteiger partial charge in [-0.1, -0.05) is 140 Å². The first-order valence-electron chi connectivity index (χ1n) is 21.5. The van der Waals surface area contributed by atoms with E-state index >= 15 is 0 Å². The summed E-state index contributed by atoms with van der Waals surface area (Å²) in [6.07, 6.45) is 0.665. The Morgan fingerprint density at radius 3 is 1.83 bits per heavy atom.